The molecule has 17 heavy (non-hydrogen) atoms. The second-order valence-electron chi connectivity index (χ2n) is 3.61. The molecule has 1 heterocycles. The number of thiophene rings is 1. The summed E-state index contributed by atoms with van der Waals surface area (Å²) in [6.07, 6.45) is 0. The van der Waals surface area contributed by atoms with Crippen LogP contribution in [0.2, 0.25) is 10.0 Å². The average molecular weight is 371 g/mol. The lowest BCUT2D eigenvalue weighted by Gasteiger charge is -2.09. The normalized spacial score (nSPS) is 12.8. The molecule has 0 aliphatic heterocycles. The zero-order valence-corrected chi connectivity index (χ0v) is 13.5. The summed E-state index contributed by atoms with van der Waals surface area (Å²) in [6.45, 7) is 2.05. The molecule has 2 rings (SSSR count). The molecular formula is C12H8BrCl3S. The Kier molecular flexibility index (Phi) is 4.43. The van der Waals surface area contributed by atoms with Crippen molar-refractivity contribution in [3.8, 4) is 0 Å². The van der Waals surface area contributed by atoms with Crippen LogP contribution in [0.5, 0.6) is 0 Å². The van der Waals surface area contributed by atoms with Gasteiger partial charge in [-0.2, -0.15) is 0 Å². The summed E-state index contributed by atoms with van der Waals surface area (Å²) in [5.74, 6) is 0. The summed E-state index contributed by atoms with van der Waals surface area (Å²) in [4.78, 5) is 2.31. The van der Waals surface area contributed by atoms with Gasteiger partial charge in [-0.1, -0.05) is 29.3 Å². The van der Waals surface area contributed by atoms with Gasteiger partial charge in [-0.05, 0) is 46.6 Å². The van der Waals surface area contributed by atoms with E-state index < -0.39 is 0 Å². The highest BCUT2D eigenvalue weighted by Gasteiger charge is 2.17. The van der Waals surface area contributed by atoms with E-state index in [-0.39, 0.29) is 5.38 Å². The molecule has 0 aliphatic rings. The first-order valence-corrected chi connectivity index (χ1v) is 7.64. The number of benzene rings is 1. The monoisotopic (exact) mass is 368 g/mol. The van der Waals surface area contributed by atoms with Crippen LogP contribution in [0.25, 0.3) is 0 Å². The number of rotatable bonds is 2. The lowest BCUT2D eigenvalue weighted by Crippen LogP contribution is -1.91. The summed E-state index contributed by atoms with van der Waals surface area (Å²) in [5.41, 5.74) is 0.948. The van der Waals surface area contributed by atoms with Crippen molar-refractivity contribution < 1.29 is 0 Å². The summed E-state index contributed by atoms with van der Waals surface area (Å²) in [7, 11) is 0. The Morgan fingerprint density at radius 1 is 1.18 bits per heavy atom. The van der Waals surface area contributed by atoms with Crippen molar-refractivity contribution in [1.29, 1.82) is 0 Å². The molecule has 5 heteroatoms. The van der Waals surface area contributed by atoms with Crippen LogP contribution in [0.4, 0.5) is 0 Å². The first kappa shape index (κ1) is 13.7. The fraction of sp³-hybridized carbons (Fsp3) is 0.167. The van der Waals surface area contributed by atoms with Gasteiger partial charge in [0.1, 0.15) is 0 Å². The smallest absolute Gasteiger partial charge is 0.0939 e. The maximum atomic E-state index is 6.45. The van der Waals surface area contributed by atoms with E-state index in [1.807, 2.05) is 12.1 Å². The lowest BCUT2D eigenvalue weighted by atomic mass is 10.1. The van der Waals surface area contributed by atoms with Crippen molar-refractivity contribution >= 4 is 62.1 Å². The first-order chi connectivity index (χ1) is 7.99. The van der Waals surface area contributed by atoms with Gasteiger partial charge in [0.25, 0.3) is 0 Å². The zero-order valence-electron chi connectivity index (χ0n) is 8.81. The Hall–Kier alpha value is 0.270. The van der Waals surface area contributed by atoms with Gasteiger partial charge in [0.05, 0.1) is 15.4 Å². The molecule has 2 aromatic rings. The predicted octanol–water partition coefficient (Wildman–Crippen LogP) is 6.45. The van der Waals surface area contributed by atoms with Gasteiger partial charge in [0.2, 0.25) is 0 Å². The highest BCUT2D eigenvalue weighted by atomic mass is 79.9. The van der Waals surface area contributed by atoms with Gasteiger partial charge >= 0.3 is 0 Å². The van der Waals surface area contributed by atoms with Crippen LogP contribution >= 0.6 is 62.1 Å². The number of aryl methyl sites for hydroxylation is 1. The van der Waals surface area contributed by atoms with Gasteiger partial charge in [0, 0.05) is 14.2 Å². The predicted molar refractivity (Wildman–Crippen MR) is 80.9 cm³/mol. The van der Waals surface area contributed by atoms with Crippen molar-refractivity contribution in [2.24, 2.45) is 0 Å². The van der Waals surface area contributed by atoms with Crippen LogP contribution in [-0.2, 0) is 0 Å². The van der Waals surface area contributed by atoms with Crippen LogP contribution in [-0.4, -0.2) is 0 Å². The summed E-state index contributed by atoms with van der Waals surface area (Å²) in [5, 5.41) is 0.859. The van der Waals surface area contributed by atoms with Gasteiger partial charge in [-0.15, -0.1) is 22.9 Å². The highest BCUT2D eigenvalue weighted by molar-refractivity contribution is 9.10. The number of alkyl halides is 1. The Labute approximate surface area is 128 Å². The van der Waals surface area contributed by atoms with Crippen molar-refractivity contribution in [3.63, 3.8) is 0 Å². The molecule has 0 fully saturated rings. The lowest BCUT2D eigenvalue weighted by molar-refractivity contribution is 1.17. The van der Waals surface area contributed by atoms with E-state index in [9.17, 15) is 0 Å². The maximum Gasteiger partial charge on any atom is 0.0939 e. The number of halogens is 4. The molecule has 1 aromatic heterocycles. The third-order valence-corrected chi connectivity index (χ3v) is 5.68. The third kappa shape index (κ3) is 2.99. The van der Waals surface area contributed by atoms with Gasteiger partial charge in [-0.3, -0.25) is 0 Å². The second-order valence-corrected chi connectivity index (χ2v) is 7.00. The van der Waals surface area contributed by atoms with E-state index in [0.717, 1.165) is 14.9 Å². The SMILES string of the molecule is Cc1cc(Br)c(C(Cl)c2ccc(Cl)c(Cl)c2)s1. The molecule has 1 unspecified atom stereocenters. The minimum atomic E-state index is -0.210. The fourth-order valence-electron chi connectivity index (χ4n) is 1.50. The van der Waals surface area contributed by atoms with Crippen molar-refractivity contribution in [3.05, 3.63) is 54.1 Å². The maximum absolute atomic E-state index is 6.45. The minimum absolute atomic E-state index is 0.210. The molecule has 1 aromatic carbocycles. The van der Waals surface area contributed by atoms with Crippen LogP contribution in [0.1, 0.15) is 20.7 Å². The van der Waals surface area contributed by atoms with E-state index in [0.29, 0.717) is 10.0 Å². The number of hydrogen-bond donors (Lipinski definition) is 0. The fourth-order valence-corrected chi connectivity index (χ4v) is 4.21. The van der Waals surface area contributed by atoms with E-state index in [1.165, 1.54) is 4.88 Å². The Balaban J connectivity index is 2.40. The molecule has 0 spiro atoms. The molecule has 0 radical (unpaired) electrons. The van der Waals surface area contributed by atoms with E-state index >= 15 is 0 Å². The molecule has 1 atom stereocenters. The summed E-state index contributed by atoms with van der Waals surface area (Å²) < 4.78 is 1.03. The van der Waals surface area contributed by atoms with Crippen molar-refractivity contribution in [2.45, 2.75) is 12.3 Å². The molecule has 90 valence electrons. The van der Waals surface area contributed by atoms with Crippen molar-refractivity contribution in [1.82, 2.24) is 0 Å². The highest BCUT2D eigenvalue weighted by Crippen LogP contribution is 2.40. The van der Waals surface area contributed by atoms with Gasteiger partial charge in [0.15, 0.2) is 0 Å². The van der Waals surface area contributed by atoms with E-state index in [4.69, 9.17) is 34.8 Å². The van der Waals surface area contributed by atoms with Crippen LogP contribution in [0, 0.1) is 6.92 Å². The zero-order chi connectivity index (χ0) is 12.6. The molecule has 0 saturated heterocycles. The average Bonchev–Trinajstić information content (AvgIpc) is 2.61. The third-order valence-electron chi connectivity index (χ3n) is 2.30. The van der Waals surface area contributed by atoms with Gasteiger partial charge < -0.3 is 0 Å². The Morgan fingerprint density at radius 3 is 2.41 bits per heavy atom. The summed E-state index contributed by atoms with van der Waals surface area (Å²) >= 11 is 23.5. The Bertz CT molecular complexity index is 551. The molecule has 0 bridgehead atoms. The molecule has 0 nitrogen and oxygen atoms in total. The second kappa shape index (κ2) is 5.50. The summed E-state index contributed by atoms with van der Waals surface area (Å²) in [6, 6.07) is 7.53. The van der Waals surface area contributed by atoms with E-state index in [1.54, 1.807) is 17.4 Å². The van der Waals surface area contributed by atoms with Crippen LogP contribution in [0.3, 0.4) is 0 Å². The standard InChI is InChI=1S/C12H8BrCl3S/c1-6-4-8(13)12(17-6)11(16)7-2-3-9(14)10(15)5-7/h2-5,11H,1H3. The molecule has 0 aliphatic carbocycles. The number of hydrogen-bond acceptors (Lipinski definition) is 1. The first-order valence-electron chi connectivity index (χ1n) is 4.84. The molecule has 0 N–H and O–H groups in total. The van der Waals surface area contributed by atoms with Gasteiger partial charge in [-0.25, -0.2) is 0 Å². The largest absolute Gasteiger partial charge is 0.143 e. The topological polar surface area (TPSA) is 0 Å². The van der Waals surface area contributed by atoms with Crippen molar-refractivity contribution in [2.75, 3.05) is 0 Å². The van der Waals surface area contributed by atoms with E-state index in [2.05, 4.69) is 28.9 Å². The van der Waals surface area contributed by atoms with Crippen LogP contribution in [0.15, 0.2) is 28.7 Å². The molecular weight excluding hydrogens is 362 g/mol. The minimum Gasteiger partial charge on any atom is -0.143 e. The van der Waals surface area contributed by atoms with Crippen LogP contribution < -0.4 is 0 Å². The molecule has 0 amide bonds. The quantitative estimate of drug-likeness (QED) is 0.533. The molecule has 0 saturated carbocycles. The Morgan fingerprint density at radius 2 is 1.88 bits per heavy atom.